The van der Waals surface area contributed by atoms with Gasteiger partial charge in [-0.2, -0.15) is 0 Å². The summed E-state index contributed by atoms with van der Waals surface area (Å²) in [7, 11) is 0. The maximum Gasteiger partial charge on any atom is 0.121 e. The highest BCUT2D eigenvalue weighted by atomic mass is 16.5. The van der Waals surface area contributed by atoms with Crippen molar-refractivity contribution in [2.24, 2.45) is 0 Å². The van der Waals surface area contributed by atoms with Gasteiger partial charge >= 0.3 is 0 Å². The van der Waals surface area contributed by atoms with Gasteiger partial charge in [0.1, 0.15) is 5.75 Å². The van der Waals surface area contributed by atoms with Crippen molar-refractivity contribution >= 4 is 5.69 Å². The molecule has 0 aromatic heterocycles. The molecule has 20 heavy (non-hydrogen) atoms. The number of hydrogen-bond acceptors (Lipinski definition) is 3. The zero-order valence-corrected chi connectivity index (χ0v) is 12.9. The van der Waals surface area contributed by atoms with Crippen LogP contribution in [-0.2, 0) is 0 Å². The van der Waals surface area contributed by atoms with Crippen LogP contribution in [0.4, 0.5) is 5.69 Å². The van der Waals surface area contributed by atoms with E-state index < -0.39 is 0 Å². The topological polar surface area (TPSA) is 24.5 Å². The van der Waals surface area contributed by atoms with Gasteiger partial charge in [-0.3, -0.25) is 0 Å². The molecule has 0 spiro atoms. The van der Waals surface area contributed by atoms with Crippen LogP contribution in [0, 0.1) is 0 Å². The van der Waals surface area contributed by atoms with Gasteiger partial charge in [-0.15, -0.1) is 0 Å². The van der Waals surface area contributed by atoms with E-state index in [0.717, 1.165) is 18.8 Å². The van der Waals surface area contributed by atoms with E-state index in [1.165, 1.54) is 44.6 Å². The Morgan fingerprint density at radius 1 is 1.20 bits per heavy atom. The zero-order chi connectivity index (χ0) is 14.2. The molecule has 1 heterocycles. The second kappa shape index (κ2) is 8.15. The Hall–Kier alpha value is -1.22. The van der Waals surface area contributed by atoms with Crippen LogP contribution < -0.4 is 10.1 Å². The maximum atomic E-state index is 5.69. The summed E-state index contributed by atoms with van der Waals surface area (Å²) < 4.78 is 5.69. The highest BCUT2D eigenvalue weighted by Crippen LogP contribution is 2.21. The van der Waals surface area contributed by atoms with Crippen molar-refractivity contribution in [1.29, 1.82) is 0 Å². The third-order valence-electron chi connectivity index (χ3n) is 3.81. The summed E-state index contributed by atoms with van der Waals surface area (Å²) in [5, 5.41) is 3.65. The lowest BCUT2D eigenvalue weighted by atomic mass is 10.0. The minimum Gasteiger partial charge on any atom is -0.494 e. The lowest BCUT2D eigenvalue weighted by molar-refractivity contribution is 0.219. The van der Waals surface area contributed by atoms with Gasteiger partial charge in [0, 0.05) is 30.9 Å². The monoisotopic (exact) mass is 276 g/mol. The van der Waals surface area contributed by atoms with E-state index in [4.69, 9.17) is 4.74 Å². The van der Waals surface area contributed by atoms with Crippen LogP contribution in [-0.4, -0.2) is 37.2 Å². The van der Waals surface area contributed by atoms with E-state index in [2.05, 4.69) is 42.3 Å². The predicted octanol–water partition coefficient (Wildman–Crippen LogP) is 3.76. The Labute approximate surface area is 123 Å². The maximum absolute atomic E-state index is 5.69. The zero-order valence-electron chi connectivity index (χ0n) is 12.9. The molecule has 1 aliphatic heterocycles. The van der Waals surface area contributed by atoms with Crippen molar-refractivity contribution in [1.82, 2.24) is 4.90 Å². The van der Waals surface area contributed by atoms with Gasteiger partial charge in [0.25, 0.3) is 0 Å². The Balaban J connectivity index is 1.81. The molecule has 0 atom stereocenters. The van der Waals surface area contributed by atoms with Gasteiger partial charge in [-0.1, -0.05) is 19.9 Å². The molecule has 1 N–H and O–H groups in total. The summed E-state index contributed by atoms with van der Waals surface area (Å²) in [6.45, 7) is 8.86. The van der Waals surface area contributed by atoms with Crippen LogP contribution in [0.15, 0.2) is 24.3 Å². The first-order valence-corrected chi connectivity index (χ1v) is 8.03. The number of likely N-dealkylation sites (tertiary alicyclic amines) is 1. The van der Waals surface area contributed by atoms with Crippen molar-refractivity contribution < 1.29 is 4.74 Å². The van der Waals surface area contributed by atoms with Crippen molar-refractivity contribution in [2.75, 3.05) is 31.6 Å². The molecule has 0 saturated carbocycles. The number of ether oxygens (including phenoxy) is 1. The smallest absolute Gasteiger partial charge is 0.121 e. The Morgan fingerprint density at radius 3 is 2.70 bits per heavy atom. The van der Waals surface area contributed by atoms with Crippen LogP contribution in [0.3, 0.4) is 0 Å². The van der Waals surface area contributed by atoms with Crippen LogP contribution >= 0.6 is 0 Å². The molecule has 0 bridgehead atoms. The van der Waals surface area contributed by atoms with E-state index in [-0.39, 0.29) is 0 Å². The number of rotatable bonds is 7. The van der Waals surface area contributed by atoms with E-state index in [1.807, 2.05) is 6.07 Å². The van der Waals surface area contributed by atoms with E-state index in [1.54, 1.807) is 0 Å². The van der Waals surface area contributed by atoms with Gasteiger partial charge in [0.05, 0.1) is 6.61 Å². The fourth-order valence-electron chi connectivity index (χ4n) is 2.75. The van der Waals surface area contributed by atoms with Gasteiger partial charge in [-0.05, 0) is 44.4 Å². The molecular weight excluding hydrogens is 248 g/mol. The van der Waals surface area contributed by atoms with E-state index in [0.29, 0.717) is 6.04 Å². The van der Waals surface area contributed by atoms with Crippen molar-refractivity contribution in [3.05, 3.63) is 24.3 Å². The van der Waals surface area contributed by atoms with Crippen molar-refractivity contribution in [3.63, 3.8) is 0 Å². The molecule has 3 nitrogen and oxygen atoms in total. The molecule has 1 aromatic carbocycles. The summed E-state index contributed by atoms with van der Waals surface area (Å²) in [6.07, 6.45) is 4.78. The normalized spacial score (nSPS) is 17.1. The number of anilines is 1. The lowest BCUT2D eigenvalue weighted by Crippen LogP contribution is -2.39. The molecular formula is C17H28N2O. The molecule has 3 heteroatoms. The molecule has 0 amide bonds. The summed E-state index contributed by atoms with van der Waals surface area (Å²) in [6, 6.07) is 8.96. The van der Waals surface area contributed by atoms with E-state index in [9.17, 15) is 0 Å². The second-order valence-corrected chi connectivity index (χ2v) is 5.64. The van der Waals surface area contributed by atoms with Crippen molar-refractivity contribution in [2.45, 2.75) is 45.6 Å². The summed E-state index contributed by atoms with van der Waals surface area (Å²) in [4.78, 5) is 2.57. The molecule has 112 valence electrons. The third kappa shape index (κ3) is 4.71. The average molecular weight is 276 g/mol. The number of benzene rings is 1. The quantitative estimate of drug-likeness (QED) is 0.820. The summed E-state index contributed by atoms with van der Waals surface area (Å²) >= 11 is 0. The molecule has 0 unspecified atom stereocenters. The number of piperidine rings is 1. The van der Waals surface area contributed by atoms with Gasteiger partial charge < -0.3 is 15.0 Å². The Kier molecular flexibility index (Phi) is 6.19. The predicted molar refractivity (Wildman–Crippen MR) is 85.6 cm³/mol. The van der Waals surface area contributed by atoms with Crippen LogP contribution in [0.5, 0.6) is 5.75 Å². The number of nitrogens with zero attached hydrogens (tertiary/aromatic N) is 1. The van der Waals surface area contributed by atoms with Crippen molar-refractivity contribution in [3.8, 4) is 5.75 Å². The summed E-state index contributed by atoms with van der Waals surface area (Å²) in [5.41, 5.74) is 1.19. The minimum absolute atomic E-state index is 0.601. The molecule has 1 aromatic rings. The third-order valence-corrected chi connectivity index (χ3v) is 3.81. The lowest BCUT2D eigenvalue weighted by Gasteiger charge is -2.32. The molecule has 1 aliphatic rings. The fraction of sp³-hybridized carbons (Fsp3) is 0.647. The molecule has 0 radical (unpaired) electrons. The van der Waals surface area contributed by atoms with Gasteiger partial charge in [-0.25, -0.2) is 0 Å². The average Bonchev–Trinajstić information content (AvgIpc) is 2.48. The van der Waals surface area contributed by atoms with Crippen LogP contribution in [0.1, 0.15) is 39.5 Å². The molecule has 1 fully saturated rings. The second-order valence-electron chi connectivity index (χ2n) is 5.64. The number of hydrogen-bond donors (Lipinski definition) is 1. The standard InChI is InChI=1S/C17H28N2O/c1-3-10-19-11-8-15(9-12-19)18-16-6-5-7-17(14-16)20-13-4-2/h5-7,14-15,18H,3-4,8-13H2,1-2H3. The minimum atomic E-state index is 0.601. The van der Waals surface area contributed by atoms with Gasteiger partial charge in [0.2, 0.25) is 0 Å². The highest BCUT2D eigenvalue weighted by molar-refractivity contribution is 5.48. The van der Waals surface area contributed by atoms with E-state index >= 15 is 0 Å². The van der Waals surface area contributed by atoms with Gasteiger partial charge in [0.15, 0.2) is 0 Å². The fourth-order valence-corrected chi connectivity index (χ4v) is 2.75. The SMILES string of the molecule is CCCOc1cccc(NC2CCN(CCC)CC2)c1. The molecule has 2 rings (SSSR count). The number of nitrogens with one attached hydrogen (secondary N) is 1. The first-order valence-electron chi connectivity index (χ1n) is 8.03. The molecule has 1 saturated heterocycles. The first kappa shape index (κ1) is 15.2. The Morgan fingerprint density at radius 2 is 2.00 bits per heavy atom. The van der Waals surface area contributed by atoms with Crippen LogP contribution in [0.2, 0.25) is 0 Å². The highest BCUT2D eigenvalue weighted by Gasteiger charge is 2.18. The summed E-state index contributed by atoms with van der Waals surface area (Å²) in [5.74, 6) is 0.972. The Bertz CT molecular complexity index is 386. The van der Waals surface area contributed by atoms with Crippen LogP contribution in [0.25, 0.3) is 0 Å². The first-order chi connectivity index (χ1) is 9.81. The molecule has 0 aliphatic carbocycles. The largest absolute Gasteiger partial charge is 0.494 e.